The van der Waals surface area contributed by atoms with Crippen LogP contribution in [0.1, 0.15) is 31.2 Å². The van der Waals surface area contributed by atoms with Gasteiger partial charge in [-0.2, -0.15) is 0 Å². The van der Waals surface area contributed by atoms with Gasteiger partial charge in [0.2, 0.25) is 0 Å². The first-order chi connectivity index (χ1) is 14.7. The molecule has 0 radical (unpaired) electrons. The van der Waals surface area contributed by atoms with E-state index in [1.165, 1.54) is 23.5 Å². The van der Waals surface area contributed by atoms with Crippen molar-refractivity contribution >= 4 is 51.7 Å². The summed E-state index contributed by atoms with van der Waals surface area (Å²) in [6, 6.07) is 15.1. The number of imide groups is 1. The molecule has 0 aliphatic carbocycles. The zero-order valence-corrected chi connectivity index (χ0v) is 18.8. The molecule has 4 nitrogen and oxygen atoms in total. The summed E-state index contributed by atoms with van der Waals surface area (Å²) in [6.45, 7) is 6.37. The molecule has 158 valence electrons. The number of benzene rings is 2. The highest BCUT2D eigenvalue weighted by atomic mass is 35.5. The van der Waals surface area contributed by atoms with Gasteiger partial charge in [-0.15, -0.1) is 11.3 Å². The van der Waals surface area contributed by atoms with E-state index in [1.54, 1.807) is 6.07 Å². The Balaban J connectivity index is 1.74. The van der Waals surface area contributed by atoms with Gasteiger partial charge in [0.1, 0.15) is 11.5 Å². The number of hydrogen-bond donors (Lipinski definition) is 1. The molecule has 0 atom stereocenters. The number of nitrogens with zero attached hydrogens (tertiary/aromatic N) is 1. The van der Waals surface area contributed by atoms with Gasteiger partial charge >= 0.3 is 0 Å². The van der Waals surface area contributed by atoms with Crippen LogP contribution < -0.4 is 10.2 Å². The third kappa shape index (κ3) is 4.01. The smallest absolute Gasteiger partial charge is 0.282 e. The van der Waals surface area contributed by atoms with E-state index in [4.69, 9.17) is 11.6 Å². The molecule has 3 aromatic rings. The quantitative estimate of drug-likeness (QED) is 0.475. The number of thiophene rings is 1. The highest BCUT2D eigenvalue weighted by molar-refractivity contribution is 7.11. The molecule has 31 heavy (non-hydrogen) atoms. The van der Waals surface area contributed by atoms with Crippen LogP contribution in [0, 0.1) is 5.82 Å². The normalized spacial score (nSPS) is 14.5. The molecule has 1 aromatic heterocycles. The molecule has 0 bridgehead atoms. The molecule has 0 unspecified atom stereocenters. The monoisotopic (exact) mass is 454 g/mol. The molecule has 2 heterocycles. The van der Waals surface area contributed by atoms with Crippen LogP contribution in [0.3, 0.4) is 0 Å². The summed E-state index contributed by atoms with van der Waals surface area (Å²) in [6.07, 6.45) is 0. The Morgan fingerprint density at radius 2 is 1.71 bits per heavy atom. The largest absolute Gasteiger partial charge is 0.350 e. The number of nitrogens with one attached hydrogen (secondary N) is 1. The van der Waals surface area contributed by atoms with Gasteiger partial charge in [0.05, 0.1) is 16.3 Å². The third-order valence-electron chi connectivity index (χ3n) is 5.03. The van der Waals surface area contributed by atoms with Gasteiger partial charge in [-0.3, -0.25) is 9.59 Å². The van der Waals surface area contributed by atoms with Crippen molar-refractivity contribution in [1.82, 2.24) is 0 Å². The summed E-state index contributed by atoms with van der Waals surface area (Å²) in [5.74, 6) is -1.62. The average molecular weight is 455 g/mol. The van der Waals surface area contributed by atoms with Crippen molar-refractivity contribution in [3.8, 4) is 0 Å². The van der Waals surface area contributed by atoms with Crippen LogP contribution >= 0.6 is 22.9 Å². The molecule has 1 N–H and O–H groups in total. The lowest BCUT2D eigenvalue weighted by Gasteiger charge is -2.19. The maximum absolute atomic E-state index is 13.6. The number of rotatable bonds is 4. The first-order valence-electron chi connectivity index (χ1n) is 9.66. The standard InChI is InChI=1S/C24H20ClFN2O2S/c1-24(2,3)14-6-8-15(9-7-14)27-21-20(19-5-4-12-31-19)22(29)28(23(21)30)16-10-11-18(26)17(25)13-16/h4-13,27H,1-3H3. The Kier molecular flexibility index (Phi) is 5.45. The average Bonchev–Trinajstić information content (AvgIpc) is 3.31. The fraction of sp³-hybridized carbons (Fsp3) is 0.167. The van der Waals surface area contributed by atoms with Crippen molar-refractivity contribution in [2.24, 2.45) is 0 Å². The fourth-order valence-corrected chi connectivity index (χ4v) is 4.29. The van der Waals surface area contributed by atoms with Crippen LogP contribution in [-0.4, -0.2) is 11.8 Å². The Morgan fingerprint density at radius 1 is 1.00 bits per heavy atom. The molecular weight excluding hydrogens is 435 g/mol. The van der Waals surface area contributed by atoms with Crippen molar-refractivity contribution in [3.63, 3.8) is 0 Å². The minimum atomic E-state index is -0.617. The van der Waals surface area contributed by atoms with Gasteiger partial charge in [0.15, 0.2) is 0 Å². The second kappa shape index (κ2) is 7.94. The van der Waals surface area contributed by atoms with Gasteiger partial charge in [-0.25, -0.2) is 9.29 Å². The third-order valence-corrected chi connectivity index (χ3v) is 6.21. The Labute approximate surface area is 189 Å². The van der Waals surface area contributed by atoms with Crippen LogP contribution in [0.25, 0.3) is 5.57 Å². The van der Waals surface area contributed by atoms with Gasteiger partial charge in [0, 0.05) is 10.6 Å². The minimum Gasteiger partial charge on any atom is -0.350 e. The van der Waals surface area contributed by atoms with E-state index in [1.807, 2.05) is 35.7 Å². The number of anilines is 2. The van der Waals surface area contributed by atoms with Crippen LogP contribution in [0.5, 0.6) is 0 Å². The predicted molar refractivity (Wildman–Crippen MR) is 124 cm³/mol. The van der Waals surface area contributed by atoms with Crippen LogP contribution in [0.15, 0.2) is 65.7 Å². The van der Waals surface area contributed by atoms with Crippen molar-refractivity contribution < 1.29 is 14.0 Å². The molecular formula is C24H20ClFN2O2S. The summed E-state index contributed by atoms with van der Waals surface area (Å²) in [4.78, 5) is 28.3. The molecule has 0 saturated carbocycles. The second-order valence-corrected chi connectivity index (χ2v) is 9.58. The van der Waals surface area contributed by atoms with Gasteiger partial charge in [-0.1, -0.05) is 50.6 Å². The lowest BCUT2D eigenvalue weighted by molar-refractivity contribution is -0.120. The number of amides is 2. The topological polar surface area (TPSA) is 49.4 Å². The Hall–Kier alpha value is -2.96. The highest BCUT2D eigenvalue weighted by Gasteiger charge is 2.41. The molecule has 1 aliphatic heterocycles. The maximum atomic E-state index is 13.6. The number of hydrogen-bond acceptors (Lipinski definition) is 4. The zero-order valence-electron chi connectivity index (χ0n) is 17.2. The molecule has 0 fully saturated rings. The summed E-state index contributed by atoms with van der Waals surface area (Å²) >= 11 is 7.26. The SMILES string of the molecule is CC(C)(C)c1ccc(NC2=C(c3cccs3)C(=O)N(c3ccc(F)c(Cl)c3)C2=O)cc1. The van der Waals surface area contributed by atoms with E-state index in [0.29, 0.717) is 10.6 Å². The second-order valence-electron chi connectivity index (χ2n) is 8.22. The fourth-order valence-electron chi connectivity index (χ4n) is 3.35. The van der Waals surface area contributed by atoms with Crippen LogP contribution in [0.2, 0.25) is 5.02 Å². The van der Waals surface area contributed by atoms with Gasteiger partial charge in [-0.05, 0) is 52.8 Å². The lowest BCUT2D eigenvalue weighted by Crippen LogP contribution is -2.32. The highest BCUT2D eigenvalue weighted by Crippen LogP contribution is 2.36. The van der Waals surface area contributed by atoms with Crippen LogP contribution in [0.4, 0.5) is 15.8 Å². The molecule has 0 saturated heterocycles. The summed E-state index contributed by atoms with van der Waals surface area (Å²) in [7, 11) is 0. The summed E-state index contributed by atoms with van der Waals surface area (Å²) in [5.41, 5.74) is 2.52. The first-order valence-corrected chi connectivity index (χ1v) is 10.9. The molecule has 0 spiro atoms. The summed E-state index contributed by atoms with van der Waals surface area (Å²) in [5, 5.41) is 4.81. The molecule has 2 amide bonds. The van der Waals surface area contributed by atoms with Crippen molar-refractivity contribution in [2.45, 2.75) is 26.2 Å². The van der Waals surface area contributed by atoms with E-state index in [-0.39, 0.29) is 27.4 Å². The van der Waals surface area contributed by atoms with Crippen molar-refractivity contribution in [3.05, 3.63) is 87.0 Å². The zero-order chi connectivity index (χ0) is 22.3. The minimum absolute atomic E-state index is 0.00226. The van der Waals surface area contributed by atoms with Crippen LogP contribution in [-0.2, 0) is 15.0 Å². The first kappa shape index (κ1) is 21.3. The van der Waals surface area contributed by atoms with E-state index >= 15 is 0 Å². The number of carbonyl (C=O) groups is 2. The molecule has 2 aromatic carbocycles. The predicted octanol–water partition coefficient (Wildman–Crippen LogP) is 6.23. The van der Waals surface area contributed by atoms with E-state index in [0.717, 1.165) is 16.5 Å². The maximum Gasteiger partial charge on any atom is 0.282 e. The Bertz CT molecular complexity index is 1200. The Morgan fingerprint density at radius 3 is 2.29 bits per heavy atom. The molecule has 1 aliphatic rings. The number of halogens is 2. The molecule has 4 rings (SSSR count). The van der Waals surface area contributed by atoms with E-state index in [2.05, 4.69) is 26.1 Å². The summed E-state index contributed by atoms with van der Waals surface area (Å²) < 4.78 is 13.6. The number of carbonyl (C=O) groups excluding carboxylic acids is 2. The van der Waals surface area contributed by atoms with Gasteiger partial charge < -0.3 is 5.32 Å². The lowest BCUT2D eigenvalue weighted by atomic mass is 9.87. The van der Waals surface area contributed by atoms with E-state index in [9.17, 15) is 14.0 Å². The van der Waals surface area contributed by atoms with E-state index < -0.39 is 17.6 Å². The van der Waals surface area contributed by atoms with Crippen molar-refractivity contribution in [2.75, 3.05) is 10.2 Å². The molecule has 7 heteroatoms. The van der Waals surface area contributed by atoms with Gasteiger partial charge in [0.25, 0.3) is 11.8 Å². The van der Waals surface area contributed by atoms with Crippen molar-refractivity contribution in [1.29, 1.82) is 0 Å².